The van der Waals surface area contributed by atoms with Crippen molar-refractivity contribution in [3.63, 3.8) is 0 Å². The van der Waals surface area contributed by atoms with Gasteiger partial charge in [-0.25, -0.2) is 0 Å². The van der Waals surface area contributed by atoms with E-state index in [4.69, 9.17) is 0 Å². The summed E-state index contributed by atoms with van der Waals surface area (Å²) >= 11 is 0. The summed E-state index contributed by atoms with van der Waals surface area (Å²) in [6.07, 6.45) is 2.66. The number of rotatable bonds is 3. The van der Waals surface area contributed by atoms with Gasteiger partial charge in [-0.2, -0.15) is 0 Å². The molecule has 0 amide bonds. The van der Waals surface area contributed by atoms with Gasteiger partial charge < -0.3 is 5.32 Å². The molecule has 1 aliphatic rings. The van der Waals surface area contributed by atoms with Crippen LogP contribution in [0.5, 0.6) is 0 Å². The van der Waals surface area contributed by atoms with Crippen LogP contribution in [-0.4, -0.2) is 6.04 Å². The molecule has 0 spiro atoms. The Hall–Kier alpha value is -1.34. The quantitative estimate of drug-likeness (QED) is 0.842. The van der Waals surface area contributed by atoms with Gasteiger partial charge in [-0.3, -0.25) is 0 Å². The van der Waals surface area contributed by atoms with Gasteiger partial charge in [0.15, 0.2) is 0 Å². The van der Waals surface area contributed by atoms with Crippen LogP contribution in [0, 0.1) is 5.92 Å². The van der Waals surface area contributed by atoms with Crippen molar-refractivity contribution in [2.45, 2.75) is 38.8 Å². The fourth-order valence-electron chi connectivity index (χ4n) is 3.11. The van der Waals surface area contributed by atoms with Crippen molar-refractivity contribution in [2.24, 2.45) is 5.92 Å². The van der Waals surface area contributed by atoms with Crippen LogP contribution in [-0.2, 0) is 0 Å². The molecule has 1 N–H and O–H groups in total. The molecule has 2 aromatic rings. The third-order valence-electron chi connectivity index (χ3n) is 4.15. The number of nitrogens with one attached hydrogen (secondary N) is 1. The van der Waals surface area contributed by atoms with E-state index in [1.807, 2.05) is 0 Å². The van der Waals surface area contributed by atoms with Crippen molar-refractivity contribution in [1.82, 2.24) is 5.32 Å². The van der Waals surface area contributed by atoms with E-state index in [1.165, 1.54) is 29.2 Å². The van der Waals surface area contributed by atoms with Crippen LogP contribution in [0.3, 0.4) is 0 Å². The van der Waals surface area contributed by atoms with E-state index in [-0.39, 0.29) is 0 Å². The van der Waals surface area contributed by atoms with E-state index in [2.05, 4.69) is 61.6 Å². The van der Waals surface area contributed by atoms with Crippen molar-refractivity contribution in [1.29, 1.82) is 0 Å². The Morgan fingerprint density at radius 1 is 1.06 bits per heavy atom. The van der Waals surface area contributed by atoms with Crippen molar-refractivity contribution in [2.75, 3.05) is 0 Å². The van der Waals surface area contributed by atoms with Gasteiger partial charge in [0, 0.05) is 12.1 Å². The minimum atomic E-state index is 0.439. The van der Waals surface area contributed by atoms with Crippen LogP contribution < -0.4 is 5.32 Å². The number of fused-ring (bicyclic) bond motifs is 1. The summed E-state index contributed by atoms with van der Waals surface area (Å²) in [7, 11) is 0. The van der Waals surface area contributed by atoms with Crippen LogP contribution in [0.1, 0.15) is 38.3 Å². The molecule has 94 valence electrons. The fraction of sp³-hybridized carbons (Fsp3) is 0.412. The zero-order valence-electron chi connectivity index (χ0n) is 11.2. The van der Waals surface area contributed by atoms with E-state index < -0.39 is 0 Å². The smallest absolute Gasteiger partial charge is 0.0300 e. The second kappa shape index (κ2) is 4.74. The molecule has 2 aromatic carbocycles. The van der Waals surface area contributed by atoms with Gasteiger partial charge >= 0.3 is 0 Å². The Morgan fingerprint density at radius 2 is 1.78 bits per heavy atom. The maximum Gasteiger partial charge on any atom is 0.0300 e. The molecule has 1 saturated carbocycles. The van der Waals surface area contributed by atoms with Gasteiger partial charge in [0.2, 0.25) is 0 Å². The zero-order chi connectivity index (χ0) is 12.5. The topological polar surface area (TPSA) is 12.0 Å². The van der Waals surface area contributed by atoms with Gasteiger partial charge in [0.05, 0.1) is 0 Å². The molecule has 1 fully saturated rings. The summed E-state index contributed by atoms with van der Waals surface area (Å²) in [5.41, 5.74) is 1.42. The Bertz CT molecular complexity index is 535. The normalized spacial score (nSPS) is 24.8. The lowest BCUT2D eigenvalue weighted by Crippen LogP contribution is -2.41. The Labute approximate surface area is 109 Å². The van der Waals surface area contributed by atoms with Crippen LogP contribution in [0.15, 0.2) is 42.5 Å². The molecule has 0 radical (unpaired) electrons. The molecule has 0 heterocycles. The second-order valence-corrected chi connectivity index (χ2v) is 5.73. The van der Waals surface area contributed by atoms with Crippen LogP contribution in [0.25, 0.3) is 10.8 Å². The molecule has 3 rings (SSSR count). The molecule has 1 nitrogen and oxygen atoms in total. The molecule has 0 saturated heterocycles. The van der Waals surface area contributed by atoms with E-state index in [0.29, 0.717) is 12.1 Å². The molecule has 1 heteroatoms. The molecule has 0 bridgehead atoms. The highest BCUT2D eigenvalue weighted by Crippen LogP contribution is 2.30. The first kappa shape index (κ1) is 11.7. The Kier molecular flexibility index (Phi) is 3.09. The molecule has 1 unspecified atom stereocenters. The van der Waals surface area contributed by atoms with E-state index >= 15 is 0 Å². The summed E-state index contributed by atoms with van der Waals surface area (Å²) < 4.78 is 0. The highest BCUT2D eigenvalue weighted by molar-refractivity contribution is 5.86. The first-order valence-electron chi connectivity index (χ1n) is 6.98. The van der Waals surface area contributed by atoms with Gasteiger partial charge in [-0.1, -0.05) is 49.4 Å². The molecular weight excluding hydrogens is 218 g/mol. The lowest BCUT2D eigenvalue weighted by atomic mass is 9.81. The minimum absolute atomic E-state index is 0.439. The number of hydrogen-bond donors (Lipinski definition) is 1. The molecule has 0 aromatic heterocycles. The van der Waals surface area contributed by atoms with Gasteiger partial charge in [0.1, 0.15) is 0 Å². The fourth-order valence-corrected chi connectivity index (χ4v) is 3.11. The molecular formula is C17H21N. The number of hydrogen-bond acceptors (Lipinski definition) is 1. The van der Waals surface area contributed by atoms with E-state index in [0.717, 1.165) is 5.92 Å². The predicted molar refractivity (Wildman–Crippen MR) is 77.7 cm³/mol. The van der Waals surface area contributed by atoms with Gasteiger partial charge in [-0.15, -0.1) is 0 Å². The third kappa shape index (κ3) is 2.15. The maximum atomic E-state index is 3.76. The average Bonchev–Trinajstić information content (AvgIpc) is 2.36. The van der Waals surface area contributed by atoms with Crippen molar-refractivity contribution in [3.05, 3.63) is 48.0 Å². The summed E-state index contributed by atoms with van der Waals surface area (Å²) in [6, 6.07) is 16.4. The van der Waals surface area contributed by atoms with Crippen molar-refractivity contribution < 1.29 is 0 Å². The maximum absolute atomic E-state index is 3.76. The lowest BCUT2D eigenvalue weighted by Gasteiger charge is -2.36. The van der Waals surface area contributed by atoms with Crippen molar-refractivity contribution in [3.8, 4) is 0 Å². The first-order chi connectivity index (χ1) is 8.74. The third-order valence-corrected chi connectivity index (χ3v) is 4.15. The number of benzene rings is 2. The zero-order valence-corrected chi connectivity index (χ0v) is 11.2. The standard InChI is InChI=1S/C17H21N/c1-12-10-15(11-12)18-13(2)16-9-5-7-14-6-3-4-8-17(14)16/h3-9,12-13,15,18H,10-11H2,1-2H3. The summed E-state index contributed by atoms with van der Waals surface area (Å²) in [4.78, 5) is 0. The Balaban J connectivity index is 1.84. The summed E-state index contributed by atoms with van der Waals surface area (Å²) in [5.74, 6) is 0.905. The SMILES string of the molecule is CC1CC(NC(C)c2cccc3ccccc23)C1. The molecule has 1 atom stereocenters. The van der Waals surface area contributed by atoms with Gasteiger partial charge in [0.25, 0.3) is 0 Å². The lowest BCUT2D eigenvalue weighted by molar-refractivity contribution is 0.226. The van der Waals surface area contributed by atoms with Gasteiger partial charge in [-0.05, 0) is 42.0 Å². The minimum Gasteiger partial charge on any atom is -0.307 e. The Morgan fingerprint density at radius 3 is 2.56 bits per heavy atom. The average molecular weight is 239 g/mol. The van der Waals surface area contributed by atoms with Crippen LogP contribution in [0.2, 0.25) is 0 Å². The monoisotopic (exact) mass is 239 g/mol. The molecule has 1 aliphatic carbocycles. The summed E-state index contributed by atoms with van der Waals surface area (Å²) in [5, 5.41) is 6.48. The van der Waals surface area contributed by atoms with E-state index in [1.54, 1.807) is 0 Å². The van der Waals surface area contributed by atoms with E-state index in [9.17, 15) is 0 Å². The largest absolute Gasteiger partial charge is 0.307 e. The molecule has 0 aliphatic heterocycles. The second-order valence-electron chi connectivity index (χ2n) is 5.73. The summed E-state index contributed by atoms with van der Waals surface area (Å²) in [6.45, 7) is 4.62. The van der Waals surface area contributed by atoms with Crippen LogP contribution >= 0.6 is 0 Å². The highest BCUT2D eigenvalue weighted by atomic mass is 15.0. The first-order valence-corrected chi connectivity index (χ1v) is 6.98. The predicted octanol–water partition coefficient (Wildman–Crippen LogP) is 4.29. The highest BCUT2D eigenvalue weighted by Gasteiger charge is 2.26. The van der Waals surface area contributed by atoms with Crippen molar-refractivity contribution >= 4 is 10.8 Å². The molecule has 18 heavy (non-hydrogen) atoms. The van der Waals surface area contributed by atoms with Crippen LogP contribution in [0.4, 0.5) is 0 Å².